The normalized spacial score (nSPS) is 14.8. The van der Waals surface area contributed by atoms with Gasteiger partial charge in [-0.15, -0.1) is 0 Å². The van der Waals surface area contributed by atoms with Gasteiger partial charge in [-0.1, -0.05) is 12.1 Å². The van der Waals surface area contributed by atoms with Crippen LogP contribution in [-0.2, 0) is 27.5 Å². The lowest BCUT2D eigenvalue weighted by molar-refractivity contribution is 0.0221. The zero-order valence-electron chi connectivity index (χ0n) is 15.4. The van der Waals surface area contributed by atoms with E-state index in [1.54, 1.807) is 23.1 Å². The molecule has 0 radical (unpaired) electrons. The molecule has 26 heavy (non-hydrogen) atoms. The summed E-state index contributed by atoms with van der Waals surface area (Å²) < 4.78 is 31.0. The van der Waals surface area contributed by atoms with Crippen LogP contribution in [0.3, 0.4) is 0 Å². The summed E-state index contributed by atoms with van der Waals surface area (Å²) in [7, 11) is -3.72. The van der Waals surface area contributed by atoms with Gasteiger partial charge in [0.2, 0.25) is 15.0 Å². The van der Waals surface area contributed by atoms with E-state index in [4.69, 9.17) is 4.74 Å². The second kappa shape index (κ2) is 6.42. The summed E-state index contributed by atoms with van der Waals surface area (Å²) >= 11 is 0. The highest BCUT2D eigenvalue weighted by Crippen LogP contribution is 2.24. The average molecular weight is 377 g/mol. The zero-order valence-corrected chi connectivity index (χ0v) is 16.2. The van der Waals surface area contributed by atoms with E-state index in [-0.39, 0.29) is 16.6 Å². The van der Waals surface area contributed by atoms with Crippen LogP contribution >= 0.6 is 0 Å². The third-order valence-electron chi connectivity index (χ3n) is 4.02. The third-order valence-corrected chi connectivity index (χ3v) is 5.59. The van der Waals surface area contributed by atoms with Crippen molar-refractivity contribution in [1.29, 1.82) is 0 Å². The van der Waals surface area contributed by atoms with E-state index in [9.17, 15) is 13.2 Å². The Morgan fingerprint density at radius 2 is 2.04 bits per heavy atom. The number of aryl methyl sites for hydroxylation is 1. The Hall–Kier alpha value is -2.35. The number of sulfone groups is 1. The predicted molar refractivity (Wildman–Crippen MR) is 95.6 cm³/mol. The molecule has 1 aliphatic heterocycles. The fourth-order valence-corrected chi connectivity index (χ4v) is 4.08. The van der Waals surface area contributed by atoms with Crippen LogP contribution in [0.4, 0.5) is 4.79 Å². The summed E-state index contributed by atoms with van der Waals surface area (Å²) in [6.45, 7) is 7.96. The summed E-state index contributed by atoms with van der Waals surface area (Å²) in [6.07, 6.45) is 0.0647. The topological polar surface area (TPSA) is 92.4 Å². The van der Waals surface area contributed by atoms with E-state index < -0.39 is 21.5 Å². The largest absolute Gasteiger partial charge is 0.444 e. The summed E-state index contributed by atoms with van der Waals surface area (Å²) in [5.41, 5.74) is 1.59. The molecule has 7 nitrogen and oxygen atoms in total. The second-order valence-corrected chi connectivity index (χ2v) is 9.30. The quantitative estimate of drug-likeness (QED) is 0.869. The molecule has 0 saturated carbocycles. The van der Waals surface area contributed by atoms with Crippen molar-refractivity contribution in [3.63, 3.8) is 0 Å². The first-order chi connectivity index (χ1) is 12.1. The first-order valence-electron chi connectivity index (χ1n) is 8.44. The van der Waals surface area contributed by atoms with Gasteiger partial charge in [-0.25, -0.2) is 18.2 Å². The van der Waals surface area contributed by atoms with Crippen LogP contribution in [-0.4, -0.2) is 41.5 Å². The molecule has 0 spiro atoms. The molecule has 2 aromatic rings. The van der Waals surface area contributed by atoms with E-state index in [2.05, 4.69) is 9.97 Å². The highest BCUT2D eigenvalue weighted by molar-refractivity contribution is 7.91. The van der Waals surface area contributed by atoms with E-state index in [1.165, 1.54) is 0 Å². The molecule has 1 aliphatic rings. The Labute approximate surface area is 153 Å². The SMILES string of the molecule is Cc1cccc(S(=O)(=O)c2nc3c([nH]2)CN(C(=O)OC(C)(C)C)CC3)c1. The number of nitrogens with one attached hydrogen (secondary N) is 1. The van der Waals surface area contributed by atoms with Gasteiger partial charge in [0.1, 0.15) is 5.60 Å². The number of hydrogen-bond donors (Lipinski definition) is 1. The van der Waals surface area contributed by atoms with Crippen LogP contribution in [0.5, 0.6) is 0 Å². The molecule has 2 heterocycles. The van der Waals surface area contributed by atoms with Crippen LogP contribution in [0, 0.1) is 6.92 Å². The van der Waals surface area contributed by atoms with Gasteiger partial charge in [0, 0.05) is 13.0 Å². The number of rotatable bonds is 2. The highest BCUT2D eigenvalue weighted by atomic mass is 32.2. The standard InChI is InChI=1S/C18H23N3O4S/c1-12-6-5-7-13(10-12)26(23,24)16-19-14-8-9-21(11-15(14)20-16)17(22)25-18(2,3)4/h5-7,10H,8-9,11H2,1-4H3,(H,19,20). The van der Waals surface area contributed by atoms with Crippen molar-refractivity contribution in [2.75, 3.05) is 6.54 Å². The molecule has 0 saturated heterocycles. The smallest absolute Gasteiger partial charge is 0.410 e. The van der Waals surface area contributed by atoms with Gasteiger partial charge in [0.25, 0.3) is 0 Å². The van der Waals surface area contributed by atoms with Gasteiger partial charge >= 0.3 is 6.09 Å². The van der Waals surface area contributed by atoms with Gasteiger partial charge in [-0.3, -0.25) is 0 Å². The molecule has 8 heteroatoms. The maximum atomic E-state index is 12.8. The average Bonchev–Trinajstić information content (AvgIpc) is 2.97. The zero-order chi connectivity index (χ0) is 19.1. The van der Waals surface area contributed by atoms with Crippen molar-refractivity contribution in [1.82, 2.24) is 14.9 Å². The molecule has 140 valence electrons. The minimum atomic E-state index is -3.72. The summed E-state index contributed by atoms with van der Waals surface area (Å²) in [5.74, 6) is 0. The Kier molecular flexibility index (Phi) is 4.56. The molecule has 0 bridgehead atoms. The van der Waals surface area contributed by atoms with Gasteiger partial charge in [0.15, 0.2) is 0 Å². The summed E-state index contributed by atoms with van der Waals surface area (Å²) in [6, 6.07) is 6.71. The molecule has 1 amide bonds. The van der Waals surface area contributed by atoms with E-state index in [0.29, 0.717) is 24.4 Å². The Morgan fingerprint density at radius 1 is 1.31 bits per heavy atom. The number of benzene rings is 1. The number of amides is 1. The molecule has 3 rings (SSSR count). The molecule has 0 unspecified atom stereocenters. The van der Waals surface area contributed by atoms with Crippen LogP contribution in [0.1, 0.15) is 37.7 Å². The molecule has 1 aromatic heterocycles. The number of H-pyrrole nitrogens is 1. The number of aromatic nitrogens is 2. The van der Waals surface area contributed by atoms with Crippen LogP contribution < -0.4 is 0 Å². The van der Waals surface area contributed by atoms with Gasteiger partial charge < -0.3 is 14.6 Å². The van der Waals surface area contributed by atoms with Crippen LogP contribution in [0.2, 0.25) is 0 Å². The van der Waals surface area contributed by atoms with Gasteiger partial charge in [-0.2, -0.15) is 0 Å². The maximum absolute atomic E-state index is 12.8. The van der Waals surface area contributed by atoms with Gasteiger partial charge in [-0.05, 0) is 45.4 Å². The lowest BCUT2D eigenvalue weighted by Gasteiger charge is -2.29. The first kappa shape index (κ1) is 18.4. The molecule has 0 fully saturated rings. The van der Waals surface area contributed by atoms with E-state index >= 15 is 0 Å². The van der Waals surface area contributed by atoms with E-state index in [0.717, 1.165) is 5.56 Å². The first-order valence-corrected chi connectivity index (χ1v) is 9.92. The van der Waals surface area contributed by atoms with Crippen LogP contribution in [0.25, 0.3) is 0 Å². The molecule has 0 aliphatic carbocycles. The minimum absolute atomic E-state index is 0.0841. The molecular formula is C18H23N3O4S. The fraction of sp³-hybridized carbons (Fsp3) is 0.444. The fourth-order valence-electron chi connectivity index (χ4n) is 2.77. The van der Waals surface area contributed by atoms with Crippen molar-refractivity contribution in [3.05, 3.63) is 41.2 Å². The van der Waals surface area contributed by atoms with Crippen molar-refractivity contribution >= 4 is 15.9 Å². The Morgan fingerprint density at radius 3 is 2.69 bits per heavy atom. The van der Waals surface area contributed by atoms with E-state index in [1.807, 2.05) is 33.8 Å². The number of hydrogen-bond acceptors (Lipinski definition) is 5. The lowest BCUT2D eigenvalue weighted by Crippen LogP contribution is -2.39. The Balaban J connectivity index is 1.85. The number of ether oxygens (including phenoxy) is 1. The number of carbonyl (C=O) groups is 1. The molecule has 0 atom stereocenters. The van der Waals surface area contributed by atoms with Crippen molar-refractivity contribution in [3.8, 4) is 0 Å². The maximum Gasteiger partial charge on any atom is 0.410 e. The van der Waals surface area contributed by atoms with Crippen molar-refractivity contribution in [2.45, 2.75) is 56.3 Å². The van der Waals surface area contributed by atoms with Gasteiger partial charge in [0.05, 0.1) is 22.8 Å². The number of carbonyl (C=O) groups excluding carboxylic acids is 1. The monoisotopic (exact) mass is 377 g/mol. The molecular weight excluding hydrogens is 354 g/mol. The third kappa shape index (κ3) is 3.75. The molecule has 1 aromatic carbocycles. The number of aromatic amines is 1. The predicted octanol–water partition coefficient (Wildman–Crippen LogP) is 2.84. The lowest BCUT2D eigenvalue weighted by atomic mass is 10.1. The minimum Gasteiger partial charge on any atom is -0.444 e. The van der Waals surface area contributed by atoms with Crippen molar-refractivity contribution < 1.29 is 17.9 Å². The Bertz CT molecular complexity index is 942. The van der Waals surface area contributed by atoms with Crippen molar-refractivity contribution in [2.24, 2.45) is 0 Å². The van der Waals surface area contributed by atoms with Crippen LogP contribution in [0.15, 0.2) is 34.3 Å². The second-order valence-electron chi connectivity index (χ2n) is 7.44. The summed E-state index contributed by atoms with van der Waals surface area (Å²) in [5, 5.41) is -0.0841. The highest BCUT2D eigenvalue weighted by Gasteiger charge is 2.30. The number of imidazole rings is 1. The number of fused-ring (bicyclic) bond motifs is 1. The molecule has 1 N–H and O–H groups in total. The summed E-state index contributed by atoms with van der Waals surface area (Å²) in [4.78, 5) is 21.2. The number of nitrogens with zero attached hydrogens (tertiary/aromatic N) is 2.